The van der Waals surface area contributed by atoms with Crippen molar-refractivity contribution in [2.45, 2.75) is 111 Å². The molecule has 3 heteroatoms. The maximum absolute atomic E-state index is 10.6. The van der Waals surface area contributed by atoms with Crippen LogP contribution in [0.1, 0.15) is 98.8 Å². The molecule has 3 fully saturated rings. The van der Waals surface area contributed by atoms with Crippen LogP contribution in [0.15, 0.2) is 11.6 Å². The number of hydrogen-bond donors (Lipinski definition) is 3. The first kappa shape index (κ1) is 23.8. The van der Waals surface area contributed by atoms with E-state index in [0.29, 0.717) is 16.7 Å². The van der Waals surface area contributed by atoms with Crippen molar-refractivity contribution in [2.75, 3.05) is 6.61 Å². The molecule has 3 saturated carbocycles. The molecule has 9 atom stereocenters. The second-order valence-electron chi connectivity index (χ2n) is 13.1. The highest BCUT2D eigenvalue weighted by atomic mass is 16.3. The SMILES string of the molecule is C[C@H](CCC(O)C(C)(C)CO)[C@H]1CC[C@H]2[C@@H]3CC=C4C[C@@H](O)CC[C@]4(C)[C@H]3CC[C@]12C. The molecule has 0 aromatic carbocycles. The number of aliphatic hydroxyl groups excluding tert-OH is 3. The molecular formula is C28H48O3. The molecule has 1 unspecified atom stereocenters. The lowest BCUT2D eigenvalue weighted by Gasteiger charge is -2.58. The molecule has 178 valence electrons. The van der Waals surface area contributed by atoms with Crippen molar-refractivity contribution < 1.29 is 15.3 Å². The summed E-state index contributed by atoms with van der Waals surface area (Å²) in [5.41, 5.74) is 1.93. The Morgan fingerprint density at radius 2 is 1.81 bits per heavy atom. The van der Waals surface area contributed by atoms with E-state index in [2.05, 4.69) is 26.8 Å². The predicted molar refractivity (Wildman–Crippen MR) is 126 cm³/mol. The average molecular weight is 433 g/mol. The van der Waals surface area contributed by atoms with Crippen LogP contribution in [0.25, 0.3) is 0 Å². The summed E-state index contributed by atoms with van der Waals surface area (Å²) < 4.78 is 0. The topological polar surface area (TPSA) is 60.7 Å². The van der Waals surface area contributed by atoms with Crippen LogP contribution in [0.3, 0.4) is 0 Å². The standard InChI is InChI=1S/C28H48O3/c1-18(6-11-25(31)26(2,3)17-29)22-9-10-23-21-8-7-19-16-20(30)12-14-27(19,4)24(21)13-15-28(22,23)5/h7,18,20-25,29-31H,6,8-17H2,1-5H3/t18-,20+,21+,22-,23+,24+,25?,27+,28-/m1/s1. The Morgan fingerprint density at radius 3 is 2.52 bits per heavy atom. The molecule has 3 N–H and O–H groups in total. The first-order chi connectivity index (χ1) is 14.5. The smallest absolute Gasteiger partial charge is 0.0613 e. The third-order valence-corrected chi connectivity index (χ3v) is 11.0. The van der Waals surface area contributed by atoms with Gasteiger partial charge in [0.15, 0.2) is 0 Å². The number of fused-ring (bicyclic) bond motifs is 5. The summed E-state index contributed by atoms with van der Waals surface area (Å²) in [7, 11) is 0. The van der Waals surface area contributed by atoms with Gasteiger partial charge < -0.3 is 15.3 Å². The van der Waals surface area contributed by atoms with Crippen molar-refractivity contribution >= 4 is 0 Å². The lowest BCUT2D eigenvalue weighted by molar-refractivity contribution is -0.0591. The number of rotatable bonds is 6. The van der Waals surface area contributed by atoms with Gasteiger partial charge in [0.2, 0.25) is 0 Å². The number of hydrogen-bond acceptors (Lipinski definition) is 3. The van der Waals surface area contributed by atoms with Crippen molar-refractivity contribution in [3.63, 3.8) is 0 Å². The third kappa shape index (κ3) is 3.95. The summed E-state index contributed by atoms with van der Waals surface area (Å²) in [6, 6.07) is 0. The number of allylic oxidation sites excluding steroid dienone is 1. The average Bonchev–Trinajstić information content (AvgIpc) is 3.09. The van der Waals surface area contributed by atoms with Crippen LogP contribution in [-0.4, -0.2) is 34.1 Å². The Kier molecular flexibility index (Phi) is 6.47. The van der Waals surface area contributed by atoms with E-state index in [4.69, 9.17) is 0 Å². The molecule has 0 heterocycles. The highest BCUT2D eigenvalue weighted by molar-refractivity contribution is 5.25. The third-order valence-electron chi connectivity index (χ3n) is 11.0. The molecule has 0 saturated heterocycles. The zero-order valence-corrected chi connectivity index (χ0v) is 20.7. The minimum Gasteiger partial charge on any atom is -0.396 e. The molecule has 0 bridgehead atoms. The normalized spacial score (nSPS) is 44.6. The van der Waals surface area contributed by atoms with E-state index in [1.54, 1.807) is 5.57 Å². The summed E-state index contributed by atoms with van der Waals surface area (Å²) in [5, 5.41) is 30.4. The van der Waals surface area contributed by atoms with Crippen LogP contribution < -0.4 is 0 Å². The van der Waals surface area contributed by atoms with E-state index < -0.39 is 11.5 Å². The van der Waals surface area contributed by atoms with E-state index in [-0.39, 0.29) is 12.7 Å². The summed E-state index contributed by atoms with van der Waals surface area (Å²) in [6.07, 6.45) is 13.6. The molecule has 0 aromatic rings. The number of aliphatic hydroxyl groups is 3. The van der Waals surface area contributed by atoms with Gasteiger partial charge in [-0.05, 0) is 105 Å². The van der Waals surface area contributed by atoms with E-state index in [1.165, 1.54) is 38.5 Å². The first-order valence-electron chi connectivity index (χ1n) is 13.2. The monoisotopic (exact) mass is 432 g/mol. The lowest BCUT2D eigenvalue weighted by atomic mass is 9.47. The molecule has 4 aliphatic carbocycles. The van der Waals surface area contributed by atoms with Crippen molar-refractivity contribution in [3.05, 3.63) is 11.6 Å². The molecule has 3 nitrogen and oxygen atoms in total. The molecule has 0 aliphatic heterocycles. The zero-order chi connectivity index (χ0) is 22.6. The van der Waals surface area contributed by atoms with Gasteiger partial charge in [0.1, 0.15) is 0 Å². The van der Waals surface area contributed by atoms with Crippen molar-refractivity contribution in [3.8, 4) is 0 Å². The van der Waals surface area contributed by atoms with Gasteiger partial charge in [-0.15, -0.1) is 0 Å². The van der Waals surface area contributed by atoms with E-state index in [9.17, 15) is 15.3 Å². The van der Waals surface area contributed by atoms with Crippen LogP contribution in [0.4, 0.5) is 0 Å². The van der Waals surface area contributed by atoms with Gasteiger partial charge in [0, 0.05) is 5.41 Å². The zero-order valence-electron chi connectivity index (χ0n) is 20.7. The highest BCUT2D eigenvalue weighted by Crippen LogP contribution is 2.67. The van der Waals surface area contributed by atoms with Crippen LogP contribution in [-0.2, 0) is 0 Å². The summed E-state index contributed by atoms with van der Waals surface area (Å²) in [4.78, 5) is 0. The lowest BCUT2D eigenvalue weighted by Crippen LogP contribution is -2.50. The summed E-state index contributed by atoms with van der Waals surface area (Å²) in [6.45, 7) is 11.5. The molecule has 0 radical (unpaired) electrons. The van der Waals surface area contributed by atoms with Crippen molar-refractivity contribution in [1.82, 2.24) is 0 Å². The minimum absolute atomic E-state index is 0.0418. The van der Waals surface area contributed by atoms with Crippen LogP contribution >= 0.6 is 0 Å². The molecular weight excluding hydrogens is 384 g/mol. The molecule has 4 rings (SSSR count). The van der Waals surface area contributed by atoms with Crippen LogP contribution in [0.2, 0.25) is 0 Å². The van der Waals surface area contributed by atoms with Crippen molar-refractivity contribution in [1.29, 1.82) is 0 Å². The maximum atomic E-state index is 10.6. The highest BCUT2D eigenvalue weighted by Gasteiger charge is 2.59. The second-order valence-corrected chi connectivity index (χ2v) is 13.1. The van der Waals surface area contributed by atoms with Crippen LogP contribution in [0, 0.1) is 45.8 Å². The van der Waals surface area contributed by atoms with Gasteiger partial charge in [0.05, 0.1) is 18.8 Å². The fourth-order valence-corrected chi connectivity index (χ4v) is 8.74. The van der Waals surface area contributed by atoms with Gasteiger partial charge in [-0.2, -0.15) is 0 Å². The summed E-state index contributed by atoms with van der Waals surface area (Å²) >= 11 is 0. The van der Waals surface area contributed by atoms with Gasteiger partial charge in [0.25, 0.3) is 0 Å². The first-order valence-corrected chi connectivity index (χ1v) is 13.2. The minimum atomic E-state index is -0.427. The fourth-order valence-electron chi connectivity index (χ4n) is 8.74. The molecule has 0 aromatic heterocycles. The van der Waals surface area contributed by atoms with Gasteiger partial charge >= 0.3 is 0 Å². The maximum Gasteiger partial charge on any atom is 0.0613 e. The van der Waals surface area contributed by atoms with E-state index >= 15 is 0 Å². The second kappa shape index (κ2) is 8.44. The van der Waals surface area contributed by atoms with E-state index in [0.717, 1.165) is 49.4 Å². The summed E-state index contributed by atoms with van der Waals surface area (Å²) in [5.74, 6) is 3.84. The Labute approximate surface area is 190 Å². The fraction of sp³-hybridized carbons (Fsp3) is 0.929. The molecule has 31 heavy (non-hydrogen) atoms. The van der Waals surface area contributed by atoms with Gasteiger partial charge in [-0.25, -0.2) is 0 Å². The molecule has 4 aliphatic rings. The molecule has 0 amide bonds. The quantitative estimate of drug-likeness (QED) is 0.470. The largest absolute Gasteiger partial charge is 0.396 e. The van der Waals surface area contributed by atoms with E-state index in [1.807, 2.05) is 13.8 Å². The Morgan fingerprint density at radius 1 is 1.06 bits per heavy atom. The van der Waals surface area contributed by atoms with Gasteiger partial charge in [-0.3, -0.25) is 0 Å². The predicted octanol–water partition coefficient (Wildman–Crippen LogP) is 5.72. The Hall–Kier alpha value is -0.380. The van der Waals surface area contributed by atoms with Crippen LogP contribution in [0.5, 0.6) is 0 Å². The van der Waals surface area contributed by atoms with Crippen molar-refractivity contribution in [2.24, 2.45) is 45.8 Å². The van der Waals surface area contributed by atoms with Gasteiger partial charge in [-0.1, -0.05) is 46.3 Å². The Bertz CT molecular complexity index is 684. The molecule has 0 spiro atoms. The Balaban J connectivity index is 1.46.